The van der Waals surface area contributed by atoms with Gasteiger partial charge in [0, 0.05) is 20.0 Å². The molecular weight excluding hydrogens is 190 g/mol. The Labute approximate surface area is 78.5 Å². The molecule has 0 saturated heterocycles. The number of carboxylic acid groups (broad SMARTS) is 1. The molecule has 0 fully saturated rings. The van der Waals surface area contributed by atoms with Crippen molar-refractivity contribution in [2.75, 3.05) is 12.1 Å². The Kier molecular flexibility index (Phi) is 2.41. The van der Waals surface area contributed by atoms with Gasteiger partial charge >= 0.3 is 5.97 Å². The van der Waals surface area contributed by atoms with Crippen molar-refractivity contribution < 1.29 is 14.7 Å². The maximum atomic E-state index is 10.9. The second-order valence-electron chi connectivity index (χ2n) is 2.67. The number of rotatable bonds is 2. The molecule has 1 aromatic heterocycles. The molecule has 0 atom stereocenters. The molecule has 0 saturated carbocycles. The van der Waals surface area contributed by atoms with E-state index in [1.807, 2.05) is 0 Å². The van der Waals surface area contributed by atoms with E-state index in [9.17, 15) is 14.4 Å². The molecule has 2 N–H and O–H groups in total. The highest BCUT2D eigenvalue weighted by Gasteiger charge is 2.16. The maximum Gasteiger partial charge on any atom is 0.356 e. The standard InChI is InChI=1S/C7H9N3O4/c1-4(11)9(2)10-5(7(13)14)3-6(12)8-10/h3H,1-2H3,(H,8,12)(H,13,14). The van der Waals surface area contributed by atoms with E-state index in [0.717, 1.165) is 15.9 Å². The number of amides is 1. The first kappa shape index (κ1) is 10.0. The molecule has 1 rings (SSSR count). The Morgan fingerprint density at radius 1 is 1.57 bits per heavy atom. The van der Waals surface area contributed by atoms with Gasteiger partial charge in [0.2, 0.25) is 5.91 Å². The first-order valence-corrected chi connectivity index (χ1v) is 3.73. The molecular formula is C7H9N3O4. The maximum absolute atomic E-state index is 10.9. The molecule has 7 nitrogen and oxygen atoms in total. The van der Waals surface area contributed by atoms with Crippen molar-refractivity contribution in [3.05, 3.63) is 22.1 Å². The summed E-state index contributed by atoms with van der Waals surface area (Å²) in [7, 11) is 1.35. The number of carbonyl (C=O) groups excluding carboxylic acids is 1. The van der Waals surface area contributed by atoms with Gasteiger partial charge in [-0.05, 0) is 0 Å². The van der Waals surface area contributed by atoms with E-state index < -0.39 is 11.5 Å². The van der Waals surface area contributed by atoms with Crippen LogP contribution in [0.25, 0.3) is 0 Å². The van der Waals surface area contributed by atoms with Crippen LogP contribution in [0.2, 0.25) is 0 Å². The van der Waals surface area contributed by atoms with E-state index in [2.05, 4.69) is 5.10 Å². The summed E-state index contributed by atoms with van der Waals surface area (Å²) in [5.74, 6) is -1.67. The van der Waals surface area contributed by atoms with Crippen molar-refractivity contribution >= 4 is 11.9 Å². The number of H-pyrrole nitrogens is 1. The zero-order valence-electron chi connectivity index (χ0n) is 7.64. The lowest BCUT2D eigenvalue weighted by Crippen LogP contribution is -2.38. The van der Waals surface area contributed by atoms with Gasteiger partial charge in [0.05, 0.1) is 0 Å². The third-order valence-corrected chi connectivity index (χ3v) is 1.69. The highest BCUT2D eigenvalue weighted by molar-refractivity contribution is 5.88. The molecule has 0 bridgehead atoms. The van der Waals surface area contributed by atoms with Crippen LogP contribution in [0.3, 0.4) is 0 Å². The van der Waals surface area contributed by atoms with Crippen LogP contribution < -0.4 is 10.6 Å². The number of nitrogens with zero attached hydrogens (tertiary/aromatic N) is 2. The molecule has 0 aliphatic carbocycles. The van der Waals surface area contributed by atoms with E-state index in [4.69, 9.17) is 5.11 Å². The molecule has 1 heterocycles. The lowest BCUT2D eigenvalue weighted by molar-refractivity contribution is -0.117. The molecule has 1 aromatic rings. The SMILES string of the molecule is CC(=O)N(C)n1[nH]c(=O)cc1C(=O)O. The summed E-state index contributed by atoms with van der Waals surface area (Å²) < 4.78 is 0. The van der Waals surface area contributed by atoms with Crippen molar-refractivity contribution in [3.63, 3.8) is 0 Å². The highest BCUT2D eigenvalue weighted by atomic mass is 16.4. The molecule has 0 unspecified atom stereocenters. The van der Waals surface area contributed by atoms with Crippen LogP contribution in [-0.2, 0) is 4.79 Å². The minimum absolute atomic E-state index is 0.285. The summed E-state index contributed by atoms with van der Waals surface area (Å²) >= 11 is 0. The van der Waals surface area contributed by atoms with Gasteiger partial charge in [-0.15, -0.1) is 0 Å². The van der Waals surface area contributed by atoms with Gasteiger partial charge in [-0.1, -0.05) is 0 Å². The fraction of sp³-hybridized carbons (Fsp3) is 0.286. The van der Waals surface area contributed by atoms with Gasteiger partial charge in [0.1, 0.15) is 0 Å². The zero-order valence-corrected chi connectivity index (χ0v) is 7.64. The zero-order chi connectivity index (χ0) is 10.9. The van der Waals surface area contributed by atoms with Gasteiger partial charge in [0.25, 0.3) is 5.56 Å². The summed E-state index contributed by atoms with van der Waals surface area (Å²) in [4.78, 5) is 33.3. The third kappa shape index (κ3) is 1.65. The molecule has 7 heteroatoms. The normalized spacial score (nSPS) is 9.86. The predicted octanol–water partition coefficient (Wildman–Crippen LogP) is -1.01. The fourth-order valence-corrected chi connectivity index (χ4v) is 0.912. The number of aromatic nitrogens is 2. The predicted molar refractivity (Wildman–Crippen MR) is 46.8 cm³/mol. The summed E-state index contributed by atoms with van der Waals surface area (Å²) in [6.07, 6.45) is 0. The number of aromatic carboxylic acids is 1. The van der Waals surface area contributed by atoms with Crippen molar-refractivity contribution in [2.24, 2.45) is 0 Å². The Balaban J connectivity index is 3.26. The first-order chi connectivity index (χ1) is 6.43. The van der Waals surface area contributed by atoms with E-state index in [1.54, 1.807) is 0 Å². The van der Waals surface area contributed by atoms with Gasteiger partial charge in [-0.3, -0.25) is 9.59 Å². The fourth-order valence-electron chi connectivity index (χ4n) is 0.912. The molecule has 0 radical (unpaired) electrons. The number of aromatic amines is 1. The van der Waals surface area contributed by atoms with E-state index in [1.165, 1.54) is 14.0 Å². The van der Waals surface area contributed by atoms with E-state index in [0.29, 0.717) is 0 Å². The minimum atomic E-state index is -1.28. The van der Waals surface area contributed by atoms with Crippen molar-refractivity contribution in [1.29, 1.82) is 0 Å². The highest BCUT2D eigenvalue weighted by Crippen LogP contribution is 1.95. The molecule has 0 spiro atoms. The second kappa shape index (κ2) is 3.36. The van der Waals surface area contributed by atoms with Crippen LogP contribution in [0.4, 0.5) is 0 Å². The van der Waals surface area contributed by atoms with Gasteiger partial charge in [0.15, 0.2) is 5.69 Å². The smallest absolute Gasteiger partial charge is 0.356 e. The Morgan fingerprint density at radius 3 is 2.57 bits per heavy atom. The van der Waals surface area contributed by atoms with Crippen molar-refractivity contribution in [1.82, 2.24) is 9.89 Å². The van der Waals surface area contributed by atoms with Crippen molar-refractivity contribution in [3.8, 4) is 0 Å². The van der Waals surface area contributed by atoms with Crippen molar-refractivity contribution in [2.45, 2.75) is 6.92 Å². The summed E-state index contributed by atoms with van der Waals surface area (Å²) in [6.45, 7) is 1.25. The topological polar surface area (TPSA) is 95.4 Å². The lowest BCUT2D eigenvalue weighted by Gasteiger charge is -2.16. The van der Waals surface area contributed by atoms with Crippen LogP contribution in [-0.4, -0.2) is 33.9 Å². The van der Waals surface area contributed by atoms with E-state index in [-0.39, 0.29) is 11.6 Å². The molecule has 0 aliphatic rings. The largest absolute Gasteiger partial charge is 0.476 e. The number of nitrogens with one attached hydrogen (secondary N) is 1. The van der Waals surface area contributed by atoms with E-state index >= 15 is 0 Å². The summed E-state index contributed by atoms with van der Waals surface area (Å²) in [6, 6.07) is 0.905. The van der Waals surface area contributed by atoms with Gasteiger partial charge < -0.3 is 5.11 Å². The Bertz CT molecular complexity index is 430. The Morgan fingerprint density at radius 2 is 2.14 bits per heavy atom. The number of hydrogen-bond acceptors (Lipinski definition) is 3. The molecule has 0 aliphatic heterocycles. The summed E-state index contributed by atoms with van der Waals surface area (Å²) in [5, 5.41) is 11.9. The monoisotopic (exact) mass is 199 g/mol. The number of carboxylic acids is 1. The molecule has 0 aromatic carbocycles. The third-order valence-electron chi connectivity index (χ3n) is 1.69. The summed E-state index contributed by atoms with van der Waals surface area (Å²) in [5.41, 5.74) is -0.858. The van der Waals surface area contributed by atoms with Crippen LogP contribution >= 0.6 is 0 Å². The molecule has 1 amide bonds. The number of hydrogen-bond donors (Lipinski definition) is 2. The quantitative estimate of drug-likeness (QED) is 0.637. The first-order valence-electron chi connectivity index (χ1n) is 3.73. The average Bonchev–Trinajstić information content (AvgIpc) is 2.45. The minimum Gasteiger partial charge on any atom is -0.476 e. The van der Waals surface area contributed by atoms with Gasteiger partial charge in [-0.25, -0.2) is 14.9 Å². The Hall–Kier alpha value is -2.05. The van der Waals surface area contributed by atoms with Crippen LogP contribution in [0.5, 0.6) is 0 Å². The van der Waals surface area contributed by atoms with Crippen LogP contribution in [0.15, 0.2) is 10.9 Å². The second-order valence-corrected chi connectivity index (χ2v) is 2.67. The van der Waals surface area contributed by atoms with Crippen LogP contribution in [0, 0.1) is 0 Å². The van der Waals surface area contributed by atoms with Gasteiger partial charge in [-0.2, -0.15) is 4.79 Å². The van der Waals surface area contributed by atoms with Crippen LogP contribution in [0.1, 0.15) is 17.4 Å². The average molecular weight is 199 g/mol. The number of carbonyl (C=O) groups is 2. The molecule has 76 valence electrons. The molecule has 14 heavy (non-hydrogen) atoms. The lowest BCUT2D eigenvalue weighted by atomic mass is 10.4.